The first-order valence-electron chi connectivity index (χ1n) is 10.5. The van der Waals surface area contributed by atoms with Crippen LogP contribution in [0.3, 0.4) is 0 Å². The molecule has 1 aliphatic rings. The molecule has 1 saturated heterocycles. The second-order valence-electron chi connectivity index (χ2n) is 8.05. The molecule has 1 aliphatic heterocycles. The van der Waals surface area contributed by atoms with E-state index in [9.17, 15) is 14.9 Å². The second-order valence-corrected chi connectivity index (χ2v) is 8.46. The first-order valence-corrected chi connectivity index (χ1v) is 10.9. The summed E-state index contributed by atoms with van der Waals surface area (Å²) in [5.74, 6) is 0.997. The van der Waals surface area contributed by atoms with Gasteiger partial charge >= 0.3 is 0 Å². The third kappa shape index (κ3) is 4.42. The van der Waals surface area contributed by atoms with Crippen molar-refractivity contribution in [3.05, 3.63) is 63.3 Å². The summed E-state index contributed by atoms with van der Waals surface area (Å²) < 4.78 is 5.37. The molecule has 168 valence electrons. The van der Waals surface area contributed by atoms with Crippen LogP contribution in [-0.4, -0.2) is 47.0 Å². The zero-order valence-corrected chi connectivity index (χ0v) is 18.7. The number of methoxy groups -OCH3 is 1. The molecule has 0 bridgehead atoms. The predicted octanol–water partition coefficient (Wildman–Crippen LogP) is 4.94. The van der Waals surface area contributed by atoms with Crippen molar-refractivity contribution in [2.45, 2.75) is 31.7 Å². The predicted molar refractivity (Wildman–Crippen MR) is 125 cm³/mol. The monoisotopic (exact) mass is 456 g/mol. The number of nitrogens with zero attached hydrogens (tertiary/aromatic N) is 2. The standard InChI is InChI=1S/C23H25ClN4O4/c1-14(23(29)26-22-11-16(28(30)31)3-5-20(22)24)27-9-7-15(8-10-27)19-13-25-21-6-4-17(32-2)12-18(19)21/h3-6,11-15,25H,7-10H2,1-2H3,(H,26,29). The molecule has 0 radical (unpaired) electrons. The van der Waals surface area contributed by atoms with Gasteiger partial charge in [-0.15, -0.1) is 0 Å². The Morgan fingerprint density at radius 2 is 2.03 bits per heavy atom. The average Bonchev–Trinajstić information content (AvgIpc) is 3.23. The first kappa shape index (κ1) is 22.1. The Labute approximate surface area is 190 Å². The number of likely N-dealkylation sites (tertiary alicyclic amines) is 1. The number of nitro benzene ring substituents is 1. The molecule has 8 nitrogen and oxygen atoms in total. The van der Waals surface area contributed by atoms with Gasteiger partial charge in [-0.3, -0.25) is 19.8 Å². The summed E-state index contributed by atoms with van der Waals surface area (Å²) in [5.41, 5.74) is 2.50. The van der Waals surface area contributed by atoms with Crippen LogP contribution in [0.5, 0.6) is 5.75 Å². The molecule has 2 N–H and O–H groups in total. The molecule has 9 heteroatoms. The summed E-state index contributed by atoms with van der Waals surface area (Å²) in [6, 6.07) is 9.66. The molecule has 0 aliphatic carbocycles. The van der Waals surface area contributed by atoms with Gasteiger partial charge in [0.05, 0.1) is 28.8 Å². The lowest BCUT2D eigenvalue weighted by Gasteiger charge is -2.35. The van der Waals surface area contributed by atoms with E-state index in [2.05, 4.69) is 27.5 Å². The van der Waals surface area contributed by atoms with Crippen molar-refractivity contribution in [1.82, 2.24) is 9.88 Å². The third-order valence-electron chi connectivity index (χ3n) is 6.24. The molecule has 1 amide bonds. The highest BCUT2D eigenvalue weighted by molar-refractivity contribution is 6.33. The summed E-state index contributed by atoms with van der Waals surface area (Å²) in [7, 11) is 1.67. The van der Waals surface area contributed by atoms with E-state index in [1.165, 1.54) is 29.1 Å². The molecule has 4 rings (SSSR count). The third-order valence-corrected chi connectivity index (χ3v) is 6.57. The number of nitro groups is 1. The number of amides is 1. The number of anilines is 1. The molecule has 32 heavy (non-hydrogen) atoms. The number of H-pyrrole nitrogens is 1. The van der Waals surface area contributed by atoms with Gasteiger partial charge in [-0.25, -0.2) is 0 Å². The lowest BCUT2D eigenvalue weighted by atomic mass is 9.88. The molecular weight excluding hydrogens is 432 g/mol. The quantitative estimate of drug-likeness (QED) is 0.404. The minimum Gasteiger partial charge on any atom is -0.497 e. The van der Waals surface area contributed by atoms with Crippen LogP contribution in [0.1, 0.15) is 31.2 Å². The van der Waals surface area contributed by atoms with Crippen LogP contribution in [0.2, 0.25) is 5.02 Å². The van der Waals surface area contributed by atoms with Crippen LogP contribution in [0, 0.1) is 10.1 Å². The minimum absolute atomic E-state index is 0.117. The Morgan fingerprint density at radius 3 is 2.72 bits per heavy atom. The summed E-state index contributed by atoms with van der Waals surface area (Å²) >= 11 is 6.12. The maximum Gasteiger partial charge on any atom is 0.271 e. The fourth-order valence-electron chi connectivity index (χ4n) is 4.31. The first-order chi connectivity index (χ1) is 15.4. The van der Waals surface area contributed by atoms with Gasteiger partial charge in [0.25, 0.3) is 5.69 Å². The number of nitrogens with one attached hydrogen (secondary N) is 2. The van der Waals surface area contributed by atoms with Gasteiger partial charge < -0.3 is 15.0 Å². The zero-order valence-electron chi connectivity index (χ0n) is 17.9. The highest BCUT2D eigenvalue weighted by Crippen LogP contribution is 2.35. The number of hydrogen-bond donors (Lipinski definition) is 2. The largest absolute Gasteiger partial charge is 0.497 e. The van der Waals surface area contributed by atoms with Crippen LogP contribution in [0.4, 0.5) is 11.4 Å². The van der Waals surface area contributed by atoms with Gasteiger partial charge in [0.15, 0.2) is 0 Å². The topological polar surface area (TPSA) is 100 Å². The fraction of sp³-hybridized carbons (Fsp3) is 0.348. The van der Waals surface area contributed by atoms with Crippen molar-refractivity contribution in [1.29, 1.82) is 0 Å². The van der Waals surface area contributed by atoms with E-state index in [-0.39, 0.29) is 28.3 Å². The number of halogens is 1. The van der Waals surface area contributed by atoms with E-state index >= 15 is 0 Å². The van der Waals surface area contributed by atoms with Gasteiger partial charge in [-0.05, 0) is 68.6 Å². The molecule has 1 unspecified atom stereocenters. The molecular formula is C23H25ClN4O4. The van der Waals surface area contributed by atoms with Crippen LogP contribution in [0.15, 0.2) is 42.6 Å². The van der Waals surface area contributed by atoms with Crippen molar-refractivity contribution in [2.75, 3.05) is 25.5 Å². The lowest BCUT2D eigenvalue weighted by molar-refractivity contribution is -0.384. The maximum absolute atomic E-state index is 12.8. The van der Waals surface area contributed by atoms with Gasteiger partial charge in [-0.2, -0.15) is 0 Å². The van der Waals surface area contributed by atoms with Gasteiger partial charge in [0.2, 0.25) is 5.91 Å². The zero-order chi connectivity index (χ0) is 22.8. The summed E-state index contributed by atoms with van der Waals surface area (Å²) in [6.45, 7) is 3.40. The maximum atomic E-state index is 12.8. The van der Waals surface area contributed by atoms with E-state index < -0.39 is 4.92 Å². The Morgan fingerprint density at radius 1 is 1.28 bits per heavy atom. The van der Waals surface area contributed by atoms with E-state index in [4.69, 9.17) is 16.3 Å². The van der Waals surface area contributed by atoms with Crippen molar-refractivity contribution < 1.29 is 14.5 Å². The van der Waals surface area contributed by atoms with Crippen molar-refractivity contribution >= 4 is 39.8 Å². The van der Waals surface area contributed by atoms with Gasteiger partial charge in [-0.1, -0.05) is 11.6 Å². The number of aromatic nitrogens is 1. The van der Waals surface area contributed by atoms with Crippen molar-refractivity contribution in [2.24, 2.45) is 0 Å². The van der Waals surface area contributed by atoms with Crippen molar-refractivity contribution in [3.8, 4) is 5.75 Å². The number of fused-ring (bicyclic) bond motifs is 1. The lowest BCUT2D eigenvalue weighted by Crippen LogP contribution is -2.45. The van der Waals surface area contributed by atoms with E-state index in [1.807, 2.05) is 19.1 Å². The van der Waals surface area contributed by atoms with Crippen LogP contribution in [-0.2, 0) is 4.79 Å². The van der Waals surface area contributed by atoms with E-state index in [0.717, 1.165) is 37.2 Å². The van der Waals surface area contributed by atoms with Crippen LogP contribution < -0.4 is 10.1 Å². The summed E-state index contributed by atoms with van der Waals surface area (Å²) in [5, 5.41) is 15.2. The number of ether oxygens (including phenoxy) is 1. The number of aromatic amines is 1. The molecule has 1 fully saturated rings. The molecule has 3 aromatic rings. The summed E-state index contributed by atoms with van der Waals surface area (Å²) in [6.07, 6.45) is 3.93. The second kappa shape index (κ2) is 9.18. The van der Waals surface area contributed by atoms with Crippen LogP contribution >= 0.6 is 11.6 Å². The Hall–Kier alpha value is -3.10. The number of hydrogen-bond acceptors (Lipinski definition) is 5. The Kier molecular flexibility index (Phi) is 6.34. The highest BCUT2D eigenvalue weighted by atomic mass is 35.5. The molecule has 1 atom stereocenters. The van der Waals surface area contributed by atoms with Gasteiger partial charge in [0.1, 0.15) is 5.75 Å². The summed E-state index contributed by atoms with van der Waals surface area (Å²) in [4.78, 5) is 28.8. The van der Waals surface area contributed by atoms with E-state index in [1.54, 1.807) is 7.11 Å². The van der Waals surface area contributed by atoms with Gasteiger partial charge in [0, 0.05) is 29.2 Å². The smallest absolute Gasteiger partial charge is 0.271 e. The molecule has 0 spiro atoms. The van der Waals surface area contributed by atoms with Crippen molar-refractivity contribution in [3.63, 3.8) is 0 Å². The van der Waals surface area contributed by atoms with Crippen LogP contribution in [0.25, 0.3) is 10.9 Å². The average molecular weight is 457 g/mol. The Balaban J connectivity index is 1.40. The number of non-ortho nitro benzene ring substituents is 1. The SMILES string of the molecule is COc1ccc2[nH]cc(C3CCN(C(C)C(=O)Nc4cc([N+](=O)[O-])ccc4Cl)CC3)c2c1. The molecule has 1 aromatic heterocycles. The Bertz CT molecular complexity index is 1150. The number of rotatable bonds is 6. The number of carbonyl (C=O) groups is 1. The minimum atomic E-state index is -0.513. The molecule has 2 heterocycles. The normalized spacial score (nSPS) is 16.1. The van der Waals surface area contributed by atoms with E-state index in [0.29, 0.717) is 5.92 Å². The number of carbonyl (C=O) groups excluding carboxylic acids is 1. The fourth-order valence-corrected chi connectivity index (χ4v) is 4.47. The molecule has 0 saturated carbocycles. The number of benzene rings is 2. The number of piperidine rings is 1. The molecule has 2 aromatic carbocycles. The highest BCUT2D eigenvalue weighted by Gasteiger charge is 2.29.